The van der Waals surface area contributed by atoms with E-state index in [0.717, 1.165) is 37.0 Å². The van der Waals surface area contributed by atoms with E-state index < -0.39 is 6.10 Å². The zero-order valence-corrected chi connectivity index (χ0v) is 12.6. The fourth-order valence-electron chi connectivity index (χ4n) is 3.77. The van der Waals surface area contributed by atoms with Gasteiger partial charge in [-0.3, -0.25) is 0 Å². The fraction of sp³-hybridized carbons (Fsp3) is 0.647. The van der Waals surface area contributed by atoms with Crippen LogP contribution in [0, 0.1) is 5.41 Å². The standard InChI is InChI=1S/C17H25NO3/c1-2-8-20-13-5-3-4-12(9-13)16(19)17(11-18)10-14-6-7-15(17)21-14/h3-5,9,14-16,19H,2,6-8,10-11,18H2,1H3. The molecule has 2 heterocycles. The van der Waals surface area contributed by atoms with E-state index in [4.69, 9.17) is 15.2 Å². The molecule has 4 heteroatoms. The molecule has 21 heavy (non-hydrogen) atoms. The normalized spacial score (nSPS) is 32.3. The molecule has 3 N–H and O–H groups in total. The van der Waals surface area contributed by atoms with Gasteiger partial charge in [0.05, 0.1) is 24.9 Å². The molecule has 116 valence electrons. The summed E-state index contributed by atoms with van der Waals surface area (Å²) in [6.07, 6.45) is 3.69. The zero-order valence-electron chi connectivity index (χ0n) is 12.6. The highest BCUT2D eigenvalue weighted by Crippen LogP contribution is 2.53. The molecule has 1 aromatic carbocycles. The van der Waals surface area contributed by atoms with Crippen LogP contribution in [0.25, 0.3) is 0 Å². The third-order valence-corrected chi connectivity index (χ3v) is 4.93. The lowest BCUT2D eigenvalue weighted by Crippen LogP contribution is -2.44. The first-order chi connectivity index (χ1) is 10.2. The predicted molar refractivity (Wildman–Crippen MR) is 81.2 cm³/mol. The molecule has 2 aliphatic rings. The van der Waals surface area contributed by atoms with Gasteiger partial charge in [-0.2, -0.15) is 0 Å². The highest BCUT2D eigenvalue weighted by atomic mass is 16.5. The summed E-state index contributed by atoms with van der Waals surface area (Å²) in [6.45, 7) is 3.22. The summed E-state index contributed by atoms with van der Waals surface area (Å²) in [5.41, 5.74) is 6.58. The Hall–Kier alpha value is -1.10. The van der Waals surface area contributed by atoms with Gasteiger partial charge in [-0.05, 0) is 43.4 Å². The minimum atomic E-state index is -0.594. The number of fused-ring (bicyclic) bond motifs is 2. The van der Waals surface area contributed by atoms with Gasteiger partial charge in [0, 0.05) is 12.0 Å². The molecule has 0 aromatic heterocycles. The maximum atomic E-state index is 10.9. The molecule has 2 aliphatic heterocycles. The van der Waals surface area contributed by atoms with Crippen molar-refractivity contribution in [1.82, 2.24) is 0 Å². The molecular formula is C17H25NO3. The van der Waals surface area contributed by atoms with Crippen LogP contribution in [0.5, 0.6) is 5.75 Å². The summed E-state index contributed by atoms with van der Waals surface area (Å²) in [5, 5.41) is 10.9. The summed E-state index contributed by atoms with van der Waals surface area (Å²) in [4.78, 5) is 0. The van der Waals surface area contributed by atoms with E-state index in [9.17, 15) is 5.11 Å². The van der Waals surface area contributed by atoms with Gasteiger partial charge >= 0.3 is 0 Å². The Bertz CT molecular complexity index is 493. The molecular weight excluding hydrogens is 266 g/mol. The molecule has 4 atom stereocenters. The Kier molecular flexibility index (Phi) is 4.20. The van der Waals surface area contributed by atoms with Crippen LogP contribution in [0.2, 0.25) is 0 Å². The number of rotatable bonds is 6. The van der Waals surface area contributed by atoms with Crippen molar-refractivity contribution in [2.75, 3.05) is 13.2 Å². The molecule has 0 radical (unpaired) electrons. The summed E-state index contributed by atoms with van der Waals surface area (Å²) < 4.78 is 11.6. The maximum Gasteiger partial charge on any atom is 0.119 e. The van der Waals surface area contributed by atoms with Gasteiger partial charge in [0.1, 0.15) is 5.75 Å². The number of hydrogen-bond donors (Lipinski definition) is 2. The molecule has 2 saturated heterocycles. The van der Waals surface area contributed by atoms with Gasteiger partial charge in [-0.1, -0.05) is 19.1 Å². The second-order valence-corrected chi connectivity index (χ2v) is 6.29. The highest BCUT2D eigenvalue weighted by molar-refractivity contribution is 5.32. The minimum Gasteiger partial charge on any atom is -0.494 e. The Morgan fingerprint density at radius 2 is 2.33 bits per heavy atom. The summed E-state index contributed by atoms with van der Waals surface area (Å²) in [7, 11) is 0. The van der Waals surface area contributed by atoms with Crippen molar-refractivity contribution in [3.05, 3.63) is 29.8 Å². The summed E-state index contributed by atoms with van der Waals surface area (Å²) >= 11 is 0. The SMILES string of the molecule is CCCOc1cccc(C(O)C2(CN)CC3CCC2O3)c1. The van der Waals surface area contributed by atoms with Crippen LogP contribution in [0.1, 0.15) is 44.3 Å². The first-order valence-electron chi connectivity index (χ1n) is 7.96. The van der Waals surface area contributed by atoms with E-state index in [1.54, 1.807) is 0 Å². The van der Waals surface area contributed by atoms with Crippen molar-refractivity contribution in [2.24, 2.45) is 11.1 Å². The number of hydrogen-bond acceptors (Lipinski definition) is 4. The minimum absolute atomic E-state index is 0.0858. The summed E-state index contributed by atoms with van der Waals surface area (Å²) in [5.74, 6) is 0.810. The maximum absolute atomic E-state index is 10.9. The van der Waals surface area contributed by atoms with Gasteiger partial charge in [0.2, 0.25) is 0 Å². The first kappa shape index (κ1) is 14.8. The van der Waals surface area contributed by atoms with Crippen LogP contribution in [-0.4, -0.2) is 30.5 Å². The van der Waals surface area contributed by atoms with Crippen molar-refractivity contribution in [3.8, 4) is 5.75 Å². The van der Waals surface area contributed by atoms with Crippen molar-refractivity contribution in [3.63, 3.8) is 0 Å². The van der Waals surface area contributed by atoms with Crippen LogP contribution >= 0.6 is 0 Å². The molecule has 4 unspecified atom stereocenters. The predicted octanol–water partition coefficient (Wildman–Crippen LogP) is 2.41. The first-order valence-corrected chi connectivity index (χ1v) is 7.96. The van der Waals surface area contributed by atoms with Gasteiger partial charge in [-0.25, -0.2) is 0 Å². The van der Waals surface area contributed by atoms with Gasteiger partial charge in [-0.15, -0.1) is 0 Å². The van der Waals surface area contributed by atoms with Crippen LogP contribution in [0.3, 0.4) is 0 Å². The number of nitrogens with two attached hydrogens (primary N) is 1. The number of ether oxygens (including phenoxy) is 2. The van der Waals surface area contributed by atoms with Crippen LogP contribution in [0.4, 0.5) is 0 Å². The van der Waals surface area contributed by atoms with Crippen molar-refractivity contribution in [1.29, 1.82) is 0 Å². The molecule has 4 nitrogen and oxygen atoms in total. The zero-order chi connectivity index (χ0) is 14.9. The van der Waals surface area contributed by atoms with Gasteiger partial charge < -0.3 is 20.3 Å². The molecule has 0 aliphatic carbocycles. The molecule has 3 rings (SSSR count). The van der Waals surface area contributed by atoms with Crippen molar-refractivity contribution < 1.29 is 14.6 Å². The lowest BCUT2D eigenvalue weighted by atomic mass is 9.68. The lowest BCUT2D eigenvalue weighted by molar-refractivity contribution is -0.0265. The smallest absolute Gasteiger partial charge is 0.119 e. The summed E-state index contributed by atoms with van der Waals surface area (Å²) in [6, 6.07) is 7.75. The Balaban J connectivity index is 1.82. The molecule has 0 saturated carbocycles. The van der Waals surface area contributed by atoms with E-state index in [-0.39, 0.29) is 17.6 Å². The average molecular weight is 291 g/mol. The number of aliphatic hydroxyl groups excluding tert-OH is 1. The number of benzene rings is 1. The largest absolute Gasteiger partial charge is 0.494 e. The van der Waals surface area contributed by atoms with E-state index >= 15 is 0 Å². The van der Waals surface area contributed by atoms with E-state index in [1.165, 1.54) is 0 Å². The molecule has 0 amide bonds. The Morgan fingerprint density at radius 1 is 1.48 bits per heavy atom. The third-order valence-electron chi connectivity index (χ3n) is 4.93. The van der Waals surface area contributed by atoms with Crippen molar-refractivity contribution >= 4 is 0 Å². The topological polar surface area (TPSA) is 64.7 Å². The van der Waals surface area contributed by atoms with Crippen LogP contribution in [0.15, 0.2) is 24.3 Å². The van der Waals surface area contributed by atoms with E-state index in [0.29, 0.717) is 13.2 Å². The van der Waals surface area contributed by atoms with Crippen LogP contribution < -0.4 is 10.5 Å². The monoisotopic (exact) mass is 291 g/mol. The molecule has 2 bridgehead atoms. The van der Waals surface area contributed by atoms with Gasteiger partial charge in [0.25, 0.3) is 0 Å². The number of aliphatic hydroxyl groups is 1. The second kappa shape index (κ2) is 5.95. The second-order valence-electron chi connectivity index (χ2n) is 6.29. The molecule has 2 fully saturated rings. The quantitative estimate of drug-likeness (QED) is 0.845. The third kappa shape index (κ3) is 2.56. The van der Waals surface area contributed by atoms with E-state index in [1.807, 2.05) is 24.3 Å². The Labute approximate surface area is 126 Å². The van der Waals surface area contributed by atoms with Crippen molar-refractivity contribution in [2.45, 2.75) is 50.9 Å². The highest BCUT2D eigenvalue weighted by Gasteiger charge is 2.55. The molecule has 0 spiro atoms. The van der Waals surface area contributed by atoms with E-state index in [2.05, 4.69) is 6.92 Å². The lowest BCUT2D eigenvalue weighted by Gasteiger charge is -2.38. The fourth-order valence-corrected chi connectivity index (χ4v) is 3.77. The molecule has 1 aromatic rings. The van der Waals surface area contributed by atoms with Gasteiger partial charge in [0.15, 0.2) is 0 Å². The Morgan fingerprint density at radius 3 is 2.95 bits per heavy atom. The average Bonchev–Trinajstić information content (AvgIpc) is 3.13. The van der Waals surface area contributed by atoms with Crippen LogP contribution in [-0.2, 0) is 4.74 Å².